The molecule has 3 rings (SSSR count). The van der Waals surface area contributed by atoms with E-state index in [4.69, 9.17) is 34.2 Å². The highest BCUT2D eigenvalue weighted by atomic mass is 35.5. The Bertz CT molecular complexity index is 978. The van der Waals surface area contributed by atoms with Crippen LogP contribution in [0, 0.1) is 11.3 Å². The van der Waals surface area contributed by atoms with Crippen molar-refractivity contribution < 1.29 is 0 Å². The van der Waals surface area contributed by atoms with Crippen LogP contribution in [0.5, 0.6) is 0 Å². The zero-order valence-corrected chi connectivity index (χ0v) is 15.1. The zero-order valence-electron chi connectivity index (χ0n) is 12.8. The average Bonchev–Trinajstić information content (AvgIpc) is 2.81. The number of nitrogen functional groups attached to an aromatic ring is 1. The largest absolute Gasteiger partial charge is 0.384 e. The third-order valence-electron chi connectivity index (χ3n) is 3.43. The average molecular weight is 379 g/mol. The van der Waals surface area contributed by atoms with E-state index in [-0.39, 0.29) is 16.8 Å². The maximum absolute atomic E-state index is 8.97. The SMILES string of the molecule is CC(Sc1nc(N)cc(C#N)n1)c1cc2c(Cl)cn(C)c2c(Cl)n1. The van der Waals surface area contributed by atoms with Gasteiger partial charge in [0.1, 0.15) is 17.6 Å². The number of nitrogens with two attached hydrogens (primary N) is 1. The van der Waals surface area contributed by atoms with Gasteiger partial charge < -0.3 is 10.3 Å². The summed E-state index contributed by atoms with van der Waals surface area (Å²) in [6.45, 7) is 1.95. The summed E-state index contributed by atoms with van der Waals surface area (Å²) in [6.07, 6.45) is 1.79. The summed E-state index contributed by atoms with van der Waals surface area (Å²) in [7, 11) is 1.86. The molecular weight excluding hydrogens is 367 g/mol. The van der Waals surface area contributed by atoms with Crippen LogP contribution in [0.1, 0.15) is 23.6 Å². The highest BCUT2D eigenvalue weighted by molar-refractivity contribution is 7.99. The van der Waals surface area contributed by atoms with Gasteiger partial charge in [0.25, 0.3) is 0 Å². The van der Waals surface area contributed by atoms with Crippen molar-refractivity contribution in [3.63, 3.8) is 0 Å². The molecule has 1 atom stereocenters. The number of hydrogen-bond donors (Lipinski definition) is 1. The van der Waals surface area contributed by atoms with Gasteiger partial charge in [0, 0.05) is 24.7 Å². The molecule has 3 heterocycles. The van der Waals surface area contributed by atoms with Crippen molar-refractivity contribution in [3.05, 3.63) is 39.9 Å². The molecule has 0 fully saturated rings. The molecule has 2 N–H and O–H groups in total. The van der Waals surface area contributed by atoms with E-state index in [1.165, 1.54) is 17.8 Å². The van der Waals surface area contributed by atoms with E-state index in [9.17, 15) is 0 Å². The van der Waals surface area contributed by atoms with E-state index >= 15 is 0 Å². The topological polar surface area (TPSA) is 93.4 Å². The molecule has 0 aliphatic rings. The lowest BCUT2D eigenvalue weighted by molar-refractivity contribution is 0.932. The molecule has 0 aliphatic carbocycles. The minimum Gasteiger partial charge on any atom is -0.384 e. The third-order valence-corrected chi connectivity index (χ3v) is 4.98. The Balaban J connectivity index is 1.97. The van der Waals surface area contributed by atoms with E-state index in [2.05, 4.69) is 15.0 Å². The van der Waals surface area contributed by atoms with Crippen LogP contribution in [-0.4, -0.2) is 19.5 Å². The maximum atomic E-state index is 8.97. The van der Waals surface area contributed by atoms with Crippen LogP contribution >= 0.6 is 35.0 Å². The molecule has 122 valence electrons. The number of rotatable bonds is 3. The van der Waals surface area contributed by atoms with Gasteiger partial charge in [-0.05, 0) is 13.0 Å². The molecule has 1 unspecified atom stereocenters. The van der Waals surface area contributed by atoms with Crippen molar-refractivity contribution in [2.75, 3.05) is 5.73 Å². The summed E-state index contributed by atoms with van der Waals surface area (Å²) in [6, 6.07) is 5.30. The van der Waals surface area contributed by atoms with E-state index < -0.39 is 0 Å². The highest BCUT2D eigenvalue weighted by Gasteiger charge is 2.17. The molecule has 0 saturated carbocycles. The Labute approximate surface area is 152 Å². The third kappa shape index (κ3) is 3.13. The second kappa shape index (κ2) is 6.48. The van der Waals surface area contributed by atoms with E-state index in [1.807, 2.05) is 30.7 Å². The van der Waals surface area contributed by atoms with E-state index in [1.54, 1.807) is 6.20 Å². The van der Waals surface area contributed by atoms with Crippen LogP contribution in [0.4, 0.5) is 5.82 Å². The Morgan fingerprint density at radius 3 is 2.75 bits per heavy atom. The lowest BCUT2D eigenvalue weighted by Crippen LogP contribution is -2.00. The van der Waals surface area contributed by atoms with Crippen LogP contribution in [-0.2, 0) is 7.05 Å². The highest BCUT2D eigenvalue weighted by Crippen LogP contribution is 2.37. The molecule has 0 amide bonds. The monoisotopic (exact) mass is 378 g/mol. The molecule has 6 nitrogen and oxygen atoms in total. The van der Waals surface area contributed by atoms with Gasteiger partial charge in [-0.3, -0.25) is 0 Å². The molecule has 0 spiro atoms. The summed E-state index contributed by atoms with van der Waals surface area (Å²) in [4.78, 5) is 12.7. The van der Waals surface area contributed by atoms with Crippen LogP contribution in [0.2, 0.25) is 10.2 Å². The Kier molecular flexibility index (Phi) is 4.54. The van der Waals surface area contributed by atoms with Crippen molar-refractivity contribution in [3.8, 4) is 6.07 Å². The van der Waals surface area contributed by atoms with Gasteiger partial charge in [0.2, 0.25) is 0 Å². The number of pyridine rings is 1. The number of aromatic nitrogens is 4. The van der Waals surface area contributed by atoms with Gasteiger partial charge in [-0.1, -0.05) is 35.0 Å². The van der Waals surface area contributed by atoms with Crippen molar-refractivity contribution in [2.24, 2.45) is 7.05 Å². The smallest absolute Gasteiger partial charge is 0.191 e. The first-order chi connectivity index (χ1) is 11.4. The Hall–Kier alpha value is -2.01. The van der Waals surface area contributed by atoms with Gasteiger partial charge in [0.15, 0.2) is 10.3 Å². The fraction of sp³-hybridized carbons (Fsp3) is 0.200. The number of anilines is 1. The molecule has 0 aliphatic heterocycles. The van der Waals surface area contributed by atoms with Gasteiger partial charge in [-0.2, -0.15) is 5.26 Å². The van der Waals surface area contributed by atoms with Crippen LogP contribution < -0.4 is 5.73 Å². The number of nitrogens with zero attached hydrogens (tertiary/aromatic N) is 5. The zero-order chi connectivity index (χ0) is 17.4. The van der Waals surface area contributed by atoms with Gasteiger partial charge in [-0.25, -0.2) is 15.0 Å². The number of aryl methyl sites for hydroxylation is 1. The number of thioether (sulfide) groups is 1. The maximum Gasteiger partial charge on any atom is 0.191 e. The predicted octanol–water partition coefficient (Wildman–Crippen LogP) is 3.98. The van der Waals surface area contributed by atoms with Gasteiger partial charge in [0.05, 0.1) is 21.5 Å². The Morgan fingerprint density at radius 1 is 1.29 bits per heavy atom. The van der Waals surface area contributed by atoms with Gasteiger partial charge >= 0.3 is 0 Å². The van der Waals surface area contributed by atoms with Gasteiger partial charge in [-0.15, -0.1) is 0 Å². The van der Waals surface area contributed by atoms with Crippen molar-refractivity contribution >= 4 is 51.7 Å². The number of halogens is 2. The second-order valence-electron chi connectivity index (χ2n) is 5.15. The standard InChI is InChI=1S/C15H12Cl2N6S/c1-7(24-15-20-8(5-18)3-12(19)22-15)11-4-9-10(16)6-23(2)13(9)14(17)21-11/h3-4,6-7H,1-2H3,(H2,19,20,22). The number of fused-ring (bicyclic) bond motifs is 1. The Morgan fingerprint density at radius 2 is 2.04 bits per heavy atom. The molecule has 3 aromatic heterocycles. The summed E-state index contributed by atoms with van der Waals surface area (Å²) < 4.78 is 1.84. The van der Waals surface area contributed by atoms with Crippen molar-refractivity contribution in [2.45, 2.75) is 17.3 Å². The first-order valence-corrected chi connectivity index (χ1v) is 8.55. The normalized spacial score (nSPS) is 12.3. The lowest BCUT2D eigenvalue weighted by Gasteiger charge is -2.11. The minimum atomic E-state index is -0.100. The first-order valence-electron chi connectivity index (χ1n) is 6.91. The summed E-state index contributed by atoms with van der Waals surface area (Å²) >= 11 is 13.9. The summed E-state index contributed by atoms with van der Waals surface area (Å²) in [5.41, 5.74) is 7.46. The molecule has 3 aromatic rings. The fourth-order valence-corrected chi connectivity index (χ4v) is 3.82. The van der Waals surface area contributed by atoms with Crippen LogP contribution in [0.15, 0.2) is 23.5 Å². The summed E-state index contributed by atoms with van der Waals surface area (Å²) in [5.74, 6) is 0.254. The number of nitriles is 1. The van der Waals surface area contributed by atoms with Crippen molar-refractivity contribution in [1.29, 1.82) is 5.26 Å². The molecule has 0 aromatic carbocycles. The van der Waals surface area contributed by atoms with E-state index in [0.717, 1.165) is 16.6 Å². The molecule has 0 bridgehead atoms. The fourth-order valence-electron chi connectivity index (χ4n) is 2.33. The second-order valence-corrected chi connectivity index (χ2v) is 7.23. The van der Waals surface area contributed by atoms with Crippen LogP contribution in [0.3, 0.4) is 0 Å². The number of hydrogen-bond acceptors (Lipinski definition) is 6. The first kappa shape index (κ1) is 16.8. The quantitative estimate of drug-likeness (QED) is 0.420. The summed E-state index contributed by atoms with van der Waals surface area (Å²) in [5, 5.41) is 11.1. The molecule has 24 heavy (non-hydrogen) atoms. The molecule has 9 heteroatoms. The van der Waals surface area contributed by atoms with E-state index in [0.29, 0.717) is 15.3 Å². The molecule has 0 saturated heterocycles. The molecule has 0 radical (unpaired) electrons. The van der Waals surface area contributed by atoms with Crippen LogP contribution in [0.25, 0.3) is 10.9 Å². The van der Waals surface area contributed by atoms with Crippen molar-refractivity contribution in [1.82, 2.24) is 19.5 Å². The molecular formula is C15H12Cl2N6S. The lowest BCUT2D eigenvalue weighted by atomic mass is 10.2. The predicted molar refractivity (Wildman–Crippen MR) is 96.2 cm³/mol. The minimum absolute atomic E-state index is 0.100.